The molecule has 0 radical (unpaired) electrons. The molecule has 0 fully saturated rings. The van der Waals surface area contributed by atoms with Gasteiger partial charge in [0.2, 0.25) is 5.91 Å². The number of anilines is 1. The summed E-state index contributed by atoms with van der Waals surface area (Å²) in [6.45, 7) is 2.00. The summed E-state index contributed by atoms with van der Waals surface area (Å²) in [6, 6.07) is 9.55. The molecule has 0 unspecified atom stereocenters. The lowest BCUT2D eigenvalue weighted by molar-refractivity contribution is -0.113. The van der Waals surface area contributed by atoms with E-state index in [0.29, 0.717) is 15.7 Å². The largest absolute Gasteiger partial charge is 0.465 e. The highest BCUT2D eigenvalue weighted by Crippen LogP contribution is 2.36. The van der Waals surface area contributed by atoms with Crippen molar-refractivity contribution in [1.82, 2.24) is 9.97 Å². The minimum Gasteiger partial charge on any atom is -0.465 e. The third-order valence-corrected chi connectivity index (χ3v) is 5.44. The molecule has 6 nitrogen and oxygen atoms in total. The molecule has 0 aliphatic carbocycles. The number of esters is 1. The first kappa shape index (κ1) is 19.1. The van der Waals surface area contributed by atoms with E-state index in [1.165, 1.54) is 30.2 Å². The average molecular weight is 399 g/mol. The number of aromatic nitrogens is 2. The maximum absolute atomic E-state index is 12.3. The lowest BCUT2D eigenvalue weighted by atomic mass is 10.0. The van der Waals surface area contributed by atoms with Crippen LogP contribution in [0.1, 0.15) is 15.9 Å². The van der Waals surface area contributed by atoms with E-state index >= 15 is 0 Å². The third-order valence-electron chi connectivity index (χ3n) is 3.67. The van der Waals surface area contributed by atoms with Gasteiger partial charge in [0.25, 0.3) is 0 Å². The van der Waals surface area contributed by atoms with Gasteiger partial charge in [-0.2, -0.15) is 0 Å². The van der Waals surface area contributed by atoms with Crippen LogP contribution in [0.3, 0.4) is 0 Å². The molecule has 27 heavy (non-hydrogen) atoms. The molecule has 2 aromatic heterocycles. The number of aryl methyl sites for hydroxylation is 1. The number of hydrogen-bond donors (Lipinski definition) is 1. The maximum Gasteiger partial charge on any atom is 0.341 e. The number of amides is 1. The first-order chi connectivity index (χ1) is 13.1. The molecule has 1 aromatic carbocycles. The lowest BCUT2D eigenvalue weighted by Gasteiger charge is -2.08. The summed E-state index contributed by atoms with van der Waals surface area (Å²) in [7, 11) is 1.33. The Morgan fingerprint density at radius 2 is 1.89 bits per heavy atom. The Kier molecular flexibility index (Phi) is 6.20. The number of ether oxygens (including phenoxy) is 1. The van der Waals surface area contributed by atoms with Crippen molar-refractivity contribution in [3.8, 4) is 11.1 Å². The van der Waals surface area contributed by atoms with Gasteiger partial charge >= 0.3 is 5.97 Å². The molecule has 0 aliphatic heterocycles. The van der Waals surface area contributed by atoms with Crippen molar-refractivity contribution in [2.45, 2.75) is 12.1 Å². The lowest BCUT2D eigenvalue weighted by Crippen LogP contribution is -2.16. The van der Waals surface area contributed by atoms with E-state index in [-0.39, 0.29) is 11.7 Å². The average Bonchev–Trinajstić information content (AvgIpc) is 3.10. The van der Waals surface area contributed by atoms with Crippen LogP contribution in [0.4, 0.5) is 5.00 Å². The number of carbonyl (C=O) groups excluding carboxylic acids is 2. The first-order valence-electron chi connectivity index (χ1n) is 8.05. The second-order valence-electron chi connectivity index (χ2n) is 5.58. The summed E-state index contributed by atoms with van der Waals surface area (Å²) in [5, 5.41) is 5.64. The number of hydrogen-bond acceptors (Lipinski definition) is 7. The van der Waals surface area contributed by atoms with Crippen LogP contribution in [0.15, 0.2) is 53.3 Å². The van der Waals surface area contributed by atoms with Crippen LogP contribution in [-0.2, 0) is 9.53 Å². The molecule has 3 rings (SSSR count). The molecule has 0 atom stereocenters. The Hall–Kier alpha value is -2.71. The van der Waals surface area contributed by atoms with Crippen LogP contribution in [0.2, 0.25) is 0 Å². The van der Waals surface area contributed by atoms with Crippen molar-refractivity contribution >= 4 is 40.0 Å². The minimum atomic E-state index is -0.485. The van der Waals surface area contributed by atoms with E-state index in [0.717, 1.165) is 16.7 Å². The van der Waals surface area contributed by atoms with Crippen molar-refractivity contribution in [2.24, 2.45) is 0 Å². The molecule has 0 saturated heterocycles. The Labute approximate surface area is 165 Å². The van der Waals surface area contributed by atoms with E-state index in [1.54, 1.807) is 18.5 Å². The van der Waals surface area contributed by atoms with E-state index in [1.807, 2.05) is 36.6 Å². The number of methoxy groups -OCH3 is 1. The highest BCUT2D eigenvalue weighted by atomic mass is 32.2. The molecular weight excluding hydrogens is 382 g/mol. The number of thioether (sulfide) groups is 1. The molecule has 0 spiro atoms. The van der Waals surface area contributed by atoms with Gasteiger partial charge < -0.3 is 10.1 Å². The predicted molar refractivity (Wildman–Crippen MR) is 107 cm³/mol. The number of thiophene rings is 1. The molecule has 1 N–H and O–H groups in total. The molecule has 0 saturated carbocycles. The van der Waals surface area contributed by atoms with Crippen LogP contribution in [0.25, 0.3) is 11.1 Å². The van der Waals surface area contributed by atoms with Crippen LogP contribution >= 0.6 is 23.1 Å². The number of nitrogens with zero attached hydrogens (tertiary/aromatic N) is 2. The Morgan fingerprint density at radius 3 is 2.56 bits per heavy atom. The van der Waals surface area contributed by atoms with E-state index in [4.69, 9.17) is 4.74 Å². The molecule has 0 bridgehead atoms. The van der Waals surface area contributed by atoms with E-state index in [2.05, 4.69) is 15.3 Å². The van der Waals surface area contributed by atoms with E-state index < -0.39 is 5.97 Å². The standard InChI is InChI=1S/C19H17N3O3S2/c1-12-4-6-13(7-5-12)14-10-26-17(16(14)18(24)25-2)22-15(23)11-27-19-20-8-3-9-21-19/h3-10H,11H2,1-2H3,(H,22,23). The summed E-state index contributed by atoms with van der Waals surface area (Å²) < 4.78 is 4.92. The van der Waals surface area contributed by atoms with Gasteiger partial charge in [0.1, 0.15) is 10.6 Å². The summed E-state index contributed by atoms with van der Waals surface area (Å²) in [6.07, 6.45) is 3.24. The number of nitrogens with one attached hydrogen (secondary N) is 1. The van der Waals surface area contributed by atoms with Gasteiger partial charge in [-0.1, -0.05) is 41.6 Å². The van der Waals surface area contributed by atoms with Gasteiger partial charge in [-0.25, -0.2) is 14.8 Å². The van der Waals surface area contributed by atoms with Crippen LogP contribution in [0, 0.1) is 6.92 Å². The van der Waals surface area contributed by atoms with Crippen LogP contribution in [-0.4, -0.2) is 34.7 Å². The molecule has 8 heteroatoms. The van der Waals surface area contributed by atoms with Crippen LogP contribution < -0.4 is 5.32 Å². The zero-order chi connectivity index (χ0) is 19.2. The van der Waals surface area contributed by atoms with Gasteiger partial charge in [-0.15, -0.1) is 11.3 Å². The fourth-order valence-corrected chi connectivity index (χ4v) is 3.93. The maximum atomic E-state index is 12.3. The second kappa shape index (κ2) is 8.79. The van der Waals surface area contributed by atoms with Crippen molar-refractivity contribution in [3.05, 3.63) is 59.2 Å². The fraction of sp³-hybridized carbons (Fsp3) is 0.158. The summed E-state index contributed by atoms with van der Waals surface area (Å²) in [5.74, 6) is -0.585. The topological polar surface area (TPSA) is 81.2 Å². The molecular formula is C19H17N3O3S2. The second-order valence-corrected chi connectivity index (χ2v) is 7.40. The minimum absolute atomic E-state index is 0.141. The number of benzene rings is 1. The number of rotatable bonds is 6. The number of carbonyl (C=O) groups is 2. The van der Waals surface area contributed by atoms with Crippen molar-refractivity contribution < 1.29 is 14.3 Å². The van der Waals surface area contributed by atoms with Crippen LogP contribution in [0.5, 0.6) is 0 Å². The van der Waals surface area contributed by atoms with Gasteiger partial charge in [0.05, 0.1) is 12.9 Å². The van der Waals surface area contributed by atoms with Crippen molar-refractivity contribution in [1.29, 1.82) is 0 Å². The third kappa shape index (κ3) is 4.72. The zero-order valence-electron chi connectivity index (χ0n) is 14.8. The van der Waals surface area contributed by atoms with Gasteiger partial charge in [-0.3, -0.25) is 4.79 Å². The highest BCUT2D eigenvalue weighted by molar-refractivity contribution is 7.99. The molecule has 138 valence electrons. The first-order valence-corrected chi connectivity index (χ1v) is 9.91. The monoisotopic (exact) mass is 399 g/mol. The summed E-state index contributed by atoms with van der Waals surface area (Å²) in [5.41, 5.74) is 3.12. The van der Waals surface area contributed by atoms with Gasteiger partial charge in [0, 0.05) is 23.3 Å². The molecule has 1 amide bonds. The predicted octanol–water partition coefficient (Wildman–Crippen LogP) is 4.03. The summed E-state index contributed by atoms with van der Waals surface area (Å²) in [4.78, 5) is 32.8. The van der Waals surface area contributed by atoms with Gasteiger partial charge in [0.15, 0.2) is 5.16 Å². The zero-order valence-corrected chi connectivity index (χ0v) is 16.4. The smallest absolute Gasteiger partial charge is 0.341 e. The highest BCUT2D eigenvalue weighted by Gasteiger charge is 2.22. The van der Waals surface area contributed by atoms with Gasteiger partial charge in [-0.05, 0) is 18.6 Å². The molecule has 2 heterocycles. The molecule has 0 aliphatic rings. The molecule has 3 aromatic rings. The van der Waals surface area contributed by atoms with Crippen molar-refractivity contribution in [2.75, 3.05) is 18.2 Å². The Balaban J connectivity index is 1.79. The van der Waals surface area contributed by atoms with E-state index in [9.17, 15) is 9.59 Å². The quantitative estimate of drug-likeness (QED) is 0.383. The fourth-order valence-electron chi connectivity index (χ4n) is 2.35. The Bertz CT molecular complexity index is 941. The SMILES string of the molecule is COC(=O)c1c(-c2ccc(C)cc2)csc1NC(=O)CSc1ncccn1. The normalized spacial score (nSPS) is 10.4. The Morgan fingerprint density at radius 1 is 1.19 bits per heavy atom. The summed E-state index contributed by atoms with van der Waals surface area (Å²) >= 11 is 2.52. The van der Waals surface area contributed by atoms with Crippen molar-refractivity contribution in [3.63, 3.8) is 0 Å².